The molecule has 4 nitrogen and oxygen atoms in total. The summed E-state index contributed by atoms with van der Waals surface area (Å²) in [5, 5.41) is 14.8. The molecule has 34 valence electrons. The summed E-state index contributed by atoms with van der Waals surface area (Å²) in [5.41, 5.74) is 0. The molecule has 0 saturated heterocycles. The molecule has 7 heteroatoms. The topological polar surface area (TPSA) is 66.2 Å². The predicted molar refractivity (Wildman–Crippen MR) is 21.9 cm³/mol. The summed E-state index contributed by atoms with van der Waals surface area (Å²) >= 11 is 0. The molecule has 0 saturated carbocycles. The fourth-order valence-corrected chi connectivity index (χ4v) is 0. The summed E-state index contributed by atoms with van der Waals surface area (Å²) in [7, 11) is 0. The van der Waals surface area contributed by atoms with Crippen LogP contribution in [0.3, 0.4) is 0 Å². The second-order valence-electron chi connectivity index (χ2n) is 0.224. The minimum absolute atomic E-state index is 0. The van der Waals surface area contributed by atoms with Crippen molar-refractivity contribution in [1.29, 1.82) is 0 Å². The van der Waals surface area contributed by atoms with Crippen LogP contribution in [0.4, 0.5) is 0 Å². The molecule has 7 heavy (non-hydrogen) atoms. The third kappa shape index (κ3) is 90.8. The largest absolute Gasteiger partial charge is 3.00 e. The first kappa shape index (κ1) is 23.4. The van der Waals surface area contributed by atoms with Crippen LogP contribution < -0.4 is 12.4 Å². The molecule has 0 aliphatic carbocycles. The van der Waals surface area contributed by atoms with Crippen LogP contribution in [0.5, 0.6) is 0 Å². The first-order valence-corrected chi connectivity index (χ1v) is 0.548. The van der Waals surface area contributed by atoms with Gasteiger partial charge in [0.25, 0.3) is 0 Å². The summed E-state index contributed by atoms with van der Waals surface area (Å²) in [6, 6.07) is 0. The van der Waals surface area contributed by atoms with Gasteiger partial charge in [0.1, 0.15) is 0 Å². The van der Waals surface area contributed by atoms with Gasteiger partial charge in [-0.25, -0.2) is 0 Å². The van der Waals surface area contributed by atoms with Gasteiger partial charge >= 0.3 is 63.9 Å². The number of rotatable bonds is 0. The zero-order chi connectivity index (χ0) is 3.58. The van der Waals surface area contributed by atoms with Crippen molar-refractivity contribution in [3.8, 4) is 0 Å². The van der Waals surface area contributed by atoms with E-state index in [1.165, 1.54) is 0 Å². The van der Waals surface area contributed by atoms with Crippen LogP contribution in [0.15, 0.2) is 0 Å². The maximum absolute atomic E-state index is 8.25. The Hall–Kier alpha value is 1.63. The third-order valence-electron chi connectivity index (χ3n) is 0. The molecule has 0 bridgehead atoms. The Bertz CT molecular complexity index is 37.9. The molecule has 0 amide bonds. The molecule has 0 aromatic carbocycles. The molecular weight excluding hydrogens is 347 g/mol. The quantitative estimate of drug-likeness (QED) is 0.255. The van der Waals surface area contributed by atoms with Gasteiger partial charge in [-0.1, -0.05) is 0 Å². The van der Waals surface area contributed by atoms with E-state index in [9.17, 15) is 0 Å². The van der Waals surface area contributed by atoms with Crippen LogP contribution in [0.1, 0.15) is 0 Å². The molecule has 0 rings (SSSR count). The van der Waals surface area contributed by atoms with Gasteiger partial charge in [-0.05, 0) is 0 Å². The van der Waals surface area contributed by atoms with Gasteiger partial charge in [0.2, 0.25) is 0 Å². The van der Waals surface area contributed by atoms with Gasteiger partial charge in [-0.15, -0.1) is 0 Å². The normalized spacial score (nSPS) is 3.43. The van der Waals surface area contributed by atoms with Crippen molar-refractivity contribution in [1.82, 2.24) is 0 Å². The molecule has 0 aromatic heterocycles. The van der Waals surface area contributed by atoms with Gasteiger partial charge in [-0.3, -0.25) is 0 Å². The van der Waals surface area contributed by atoms with E-state index in [1.807, 2.05) is 0 Å². The molecule has 0 atom stereocenters. The van der Waals surface area contributed by atoms with Crippen molar-refractivity contribution in [3.63, 3.8) is 0 Å². The zero-order valence-electron chi connectivity index (χ0n) is 3.20. The van der Waals surface area contributed by atoms with Crippen molar-refractivity contribution in [2.75, 3.05) is 0 Å². The number of hydrogen-bond donors (Lipinski definition) is 0. The standard InChI is InChI=1S/Bi.Ca.ClH.NO3/c;;;2-1(3)4/h;;1H;/q+3;+2;;-1/p-1. The summed E-state index contributed by atoms with van der Waals surface area (Å²) in [6.07, 6.45) is 0. The van der Waals surface area contributed by atoms with E-state index in [-0.39, 0.29) is 76.3 Å². The van der Waals surface area contributed by atoms with E-state index in [4.69, 9.17) is 15.3 Å². The molecule has 0 aliphatic rings. The van der Waals surface area contributed by atoms with Gasteiger partial charge in [0.05, 0.1) is 5.09 Å². The molecular formula is BiCaClNO3+3. The van der Waals surface area contributed by atoms with Crippen LogP contribution >= 0.6 is 0 Å². The number of nitrogens with zero attached hydrogens (tertiary/aromatic N) is 1. The van der Waals surface area contributed by atoms with E-state index in [0.717, 1.165) is 0 Å². The van der Waals surface area contributed by atoms with Gasteiger partial charge in [-0.2, -0.15) is 0 Å². The summed E-state index contributed by atoms with van der Waals surface area (Å²) in [5.74, 6) is 0. The van der Waals surface area contributed by atoms with Crippen molar-refractivity contribution in [3.05, 3.63) is 15.3 Å². The molecule has 0 unspecified atom stereocenters. The second-order valence-corrected chi connectivity index (χ2v) is 0.224. The summed E-state index contributed by atoms with van der Waals surface area (Å²) in [4.78, 5) is 8.25. The molecule has 0 aromatic rings. The average Bonchev–Trinajstić information content (AvgIpc) is 0.811. The van der Waals surface area contributed by atoms with Crippen LogP contribution in [0.2, 0.25) is 0 Å². The van der Waals surface area contributed by atoms with E-state index < -0.39 is 5.09 Å². The monoisotopic (exact) mass is 346 g/mol. The van der Waals surface area contributed by atoms with Crippen molar-refractivity contribution < 1.29 is 17.5 Å². The SMILES string of the molecule is O=[N+]([O-])[O-].[Bi+3].[Ca+2].[Cl-]. The first-order chi connectivity index (χ1) is 1.73. The number of halogens is 1. The Balaban J connectivity index is -0.0000000150. The fourth-order valence-electron chi connectivity index (χ4n) is 0. The molecule has 0 heterocycles. The summed E-state index contributed by atoms with van der Waals surface area (Å²) < 4.78 is 0. The van der Waals surface area contributed by atoms with E-state index >= 15 is 0 Å². The molecule has 0 fully saturated rings. The Morgan fingerprint density at radius 2 is 1.29 bits per heavy atom. The van der Waals surface area contributed by atoms with Crippen molar-refractivity contribution in [2.45, 2.75) is 0 Å². The number of hydrogen-bond acceptors (Lipinski definition) is 3. The zero-order valence-corrected chi connectivity index (χ0v) is 9.65. The fraction of sp³-hybridized carbons (Fsp3) is 0. The van der Waals surface area contributed by atoms with Gasteiger partial charge in [0.15, 0.2) is 0 Å². The van der Waals surface area contributed by atoms with Gasteiger partial charge in [0, 0.05) is 0 Å². The molecule has 0 N–H and O–H groups in total. The van der Waals surface area contributed by atoms with Gasteiger partial charge < -0.3 is 27.7 Å². The van der Waals surface area contributed by atoms with Crippen LogP contribution in [-0.4, -0.2) is 69.0 Å². The molecule has 0 spiro atoms. The minimum Gasteiger partial charge on any atom is -1.00 e. The summed E-state index contributed by atoms with van der Waals surface area (Å²) in [6.45, 7) is 0. The Morgan fingerprint density at radius 3 is 1.29 bits per heavy atom. The molecule has 0 aliphatic heterocycles. The van der Waals surface area contributed by atoms with E-state index in [0.29, 0.717) is 0 Å². The maximum atomic E-state index is 8.25. The minimum atomic E-state index is -1.75. The van der Waals surface area contributed by atoms with E-state index in [1.54, 1.807) is 0 Å². The smallest absolute Gasteiger partial charge is 1.00 e. The molecule has 2 radical (unpaired) electrons. The van der Waals surface area contributed by atoms with Crippen molar-refractivity contribution in [2.24, 2.45) is 0 Å². The second kappa shape index (κ2) is 15.6. The Labute approximate surface area is 95.3 Å². The van der Waals surface area contributed by atoms with Crippen LogP contribution in [0.25, 0.3) is 0 Å². The van der Waals surface area contributed by atoms with Crippen LogP contribution in [0, 0.1) is 15.3 Å². The Kier molecular flexibility index (Phi) is 52.4. The van der Waals surface area contributed by atoms with E-state index in [2.05, 4.69) is 0 Å². The maximum Gasteiger partial charge on any atom is 3.00 e. The predicted octanol–water partition coefficient (Wildman–Crippen LogP) is -4.00. The first-order valence-electron chi connectivity index (χ1n) is 0.548. The average molecular weight is 347 g/mol. The van der Waals surface area contributed by atoms with Crippen molar-refractivity contribution >= 4 is 63.9 Å². The van der Waals surface area contributed by atoms with Crippen LogP contribution in [-0.2, 0) is 0 Å². The Morgan fingerprint density at radius 1 is 1.29 bits per heavy atom. The third-order valence-corrected chi connectivity index (χ3v) is 0.